The van der Waals surface area contributed by atoms with Crippen molar-refractivity contribution in [1.82, 2.24) is 14.1 Å². The lowest BCUT2D eigenvalue weighted by atomic mass is 10.1. The van der Waals surface area contributed by atoms with Crippen LogP contribution in [-0.2, 0) is 21.0 Å². The number of carbonyl (C=O) groups excluding carboxylic acids is 1. The van der Waals surface area contributed by atoms with E-state index in [0.29, 0.717) is 23.3 Å². The van der Waals surface area contributed by atoms with Crippen molar-refractivity contribution in [2.45, 2.75) is 31.8 Å². The molecule has 1 aromatic heterocycles. The predicted molar refractivity (Wildman–Crippen MR) is 147 cm³/mol. The number of nitrogens with zero attached hydrogens (tertiary/aromatic N) is 3. The van der Waals surface area contributed by atoms with Crippen LogP contribution >= 0.6 is 0 Å². The Morgan fingerprint density at radius 2 is 1.65 bits per heavy atom. The summed E-state index contributed by atoms with van der Waals surface area (Å²) in [4.78, 5) is 12.7. The normalized spacial score (nSPS) is 12.2. The second-order valence-corrected chi connectivity index (χ2v) is 11.7. The molecule has 0 aliphatic rings. The van der Waals surface area contributed by atoms with Gasteiger partial charge < -0.3 is 5.32 Å². The molecule has 4 rings (SSSR count). The Morgan fingerprint density at radius 1 is 0.975 bits per heavy atom. The van der Waals surface area contributed by atoms with Crippen LogP contribution in [0.4, 0.5) is 19.0 Å². The number of sulfonamides is 1. The first-order valence-electron chi connectivity index (χ1n) is 12.5. The van der Waals surface area contributed by atoms with E-state index < -0.39 is 39.1 Å². The van der Waals surface area contributed by atoms with Crippen LogP contribution in [0.15, 0.2) is 89.8 Å². The van der Waals surface area contributed by atoms with E-state index in [-0.39, 0.29) is 12.5 Å². The van der Waals surface area contributed by atoms with Crippen LogP contribution in [0.1, 0.15) is 25.0 Å². The first-order chi connectivity index (χ1) is 18.8. The van der Waals surface area contributed by atoms with Gasteiger partial charge in [-0.25, -0.2) is 13.1 Å². The molecule has 0 bridgehead atoms. The molecule has 3 aromatic carbocycles. The summed E-state index contributed by atoms with van der Waals surface area (Å²) >= 11 is 0. The fourth-order valence-corrected chi connectivity index (χ4v) is 5.69. The van der Waals surface area contributed by atoms with Crippen LogP contribution in [0.2, 0.25) is 0 Å². The highest BCUT2D eigenvalue weighted by Crippen LogP contribution is 2.31. The number of nitrogens with one attached hydrogen (secondary N) is 1. The summed E-state index contributed by atoms with van der Waals surface area (Å²) in [6.07, 6.45) is -4.71. The Morgan fingerprint density at radius 3 is 2.27 bits per heavy atom. The minimum Gasteiger partial charge on any atom is -0.309 e. The van der Waals surface area contributed by atoms with E-state index in [0.717, 1.165) is 33.6 Å². The van der Waals surface area contributed by atoms with Gasteiger partial charge in [-0.05, 0) is 43.2 Å². The summed E-state index contributed by atoms with van der Waals surface area (Å²) in [5, 5.41) is 7.41. The average molecular weight is 571 g/mol. The van der Waals surface area contributed by atoms with E-state index in [1.807, 2.05) is 61.5 Å². The third-order valence-corrected chi connectivity index (χ3v) is 7.82. The summed E-state index contributed by atoms with van der Waals surface area (Å²) in [5.41, 5.74) is 2.04. The Bertz CT molecular complexity index is 1580. The van der Waals surface area contributed by atoms with Crippen LogP contribution in [-0.4, -0.2) is 41.5 Å². The SMILES string of the molecule is Cc1ccc(-n2nc(-c3ccccc3)cc2NC(=O)CN(CC(C)C)S(=O)(=O)c2cccc(C(F)(F)F)c2)cc1. The van der Waals surface area contributed by atoms with Gasteiger partial charge in [-0.2, -0.15) is 22.6 Å². The van der Waals surface area contributed by atoms with Gasteiger partial charge in [-0.1, -0.05) is 67.9 Å². The maximum atomic E-state index is 13.4. The fraction of sp³-hybridized carbons (Fsp3) is 0.241. The number of rotatable bonds is 9. The predicted octanol–water partition coefficient (Wildman–Crippen LogP) is 6.15. The number of benzene rings is 3. The molecule has 0 atom stereocenters. The number of hydrogen-bond acceptors (Lipinski definition) is 4. The molecule has 0 fully saturated rings. The van der Waals surface area contributed by atoms with Gasteiger partial charge in [0.05, 0.1) is 28.4 Å². The third-order valence-electron chi connectivity index (χ3n) is 6.01. The molecule has 1 N–H and O–H groups in total. The molecule has 4 aromatic rings. The van der Waals surface area contributed by atoms with Crippen molar-refractivity contribution < 1.29 is 26.4 Å². The second kappa shape index (κ2) is 11.6. The molecule has 11 heteroatoms. The van der Waals surface area contributed by atoms with Crippen molar-refractivity contribution in [2.24, 2.45) is 5.92 Å². The van der Waals surface area contributed by atoms with Crippen molar-refractivity contribution in [3.05, 3.63) is 96.1 Å². The number of carbonyl (C=O) groups is 1. The lowest BCUT2D eigenvalue weighted by Crippen LogP contribution is -2.40. The van der Waals surface area contributed by atoms with E-state index in [1.165, 1.54) is 0 Å². The van der Waals surface area contributed by atoms with Crippen molar-refractivity contribution >= 4 is 21.7 Å². The van der Waals surface area contributed by atoms with Crippen LogP contribution in [0.5, 0.6) is 0 Å². The molecule has 40 heavy (non-hydrogen) atoms. The van der Waals surface area contributed by atoms with Crippen molar-refractivity contribution in [2.75, 3.05) is 18.4 Å². The zero-order valence-corrected chi connectivity index (χ0v) is 23.0. The highest BCUT2D eigenvalue weighted by molar-refractivity contribution is 7.89. The summed E-state index contributed by atoms with van der Waals surface area (Å²) in [7, 11) is -4.42. The molecule has 0 saturated heterocycles. The van der Waals surface area contributed by atoms with E-state index in [4.69, 9.17) is 0 Å². The van der Waals surface area contributed by atoms with Gasteiger partial charge in [0.2, 0.25) is 15.9 Å². The summed E-state index contributed by atoms with van der Waals surface area (Å²) in [5.74, 6) is -0.547. The monoisotopic (exact) mass is 570 g/mol. The van der Waals surface area contributed by atoms with E-state index in [1.54, 1.807) is 24.6 Å². The Labute approximate surface area is 231 Å². The summed E-state index contributed by atoms with van der Waals surface area (Å²) in [6.45, 7) is 4.78. The summed E-state index contributed by atoms with van der Waals surface area (Å²) < 4.78 is 69.0. The molecule has 0 unspecified atom stereocenters. The molecule has 1 heterocycles. The van der Waals surface area contributed by atoms with E-state index in [2.05, 4.69) is 10.4 Å². The van der Waals surface area contributed by atoms with Gasteiger partial charge in [0.15, 0.2) is 0 Å². The zero-order chi connectivity index (χ0) is 29.1. The van der Waals surface area contributed by atoms with Crippen molar-refractivity contribution in [3.8, 4) is 16.9 Å². The molecule has 0 saturated carbocycles. The van der Waals surface area contributed by atoms with E-state index in [9.17, 15) is 26.4 Å². The largest absolute Gasteiger partial charge is 0.416 e. The average Bonchev–Trinajstić information content (AvgIpc) is 3.32. The highest BCUT2D eigenvalue weighted by Gasteiger charge is 2.34. The molecule has 0 aliphatic heterocycles. The minimum absolute atomic E-state index is 0.0709. The standard InChI is InChI=1S/C29H29F3N4O3S/c1-20(2)18-35(40(38,39)25-11-7-10-23(16-25)29(30,31)32)19-28(37)33-27-17-26(22-8-5-4-6-9-22)34-36(27)24-14-12-21(3)13-15-24/h4-17,20H,18-19H2,1-3H3,(H,33,37). The van der Waals surface area contributed by atoms with Gasteiger partial charge in [-0.15, -0.1) is 0 Å². The van der Waals surface area contributed by atoms with Crippen LogP contribution in [0.3, 0.4) is 0 Å². The number of hydrogen-bond donors (Lipinski definition) is 1. The topological polar surface area (TPSA) is 84.3 Å². The van der Waals surface area contributed by atoms with Crippen LogP contribution in [0.25, 0.3) is 16.9 Å². The smallest absolute Gasteiger partial charge is 0.309 e. The Kier molecular flexibility index (Phi) is 8.45. The van der Waals surface area contributed by atoms with Crippen molar-refractivity contribution in [3.63, 3.8) is 0 Å². The van der Waals surface area contributed by atoms with Gasteiger partial charge in [0, 0.05) is 18.2 Å². The zero-order valence-electron chi connectivity index (χ0n) is 22.2. The number of aromatic nitrogens is 2. The van der Waals surface area contributed by atoms with Crippen LogP contribution in [0, 0.1) is 12.8 Å². The molecular formula is C29H29F3N4O3S. The lowest BCUT2D eigenvalue weighted by Gasteiger charge is -2.24. The molecular weight excluding hydrogens is 541 g/mol. The first-order valence-corrected chi connectivity index (χ1v) is 14.0. The Hall–Kier alpha value is -3.96. The number of alkyl halides is 3. The molecule has 7 nitrogen and oxygen atoms in total. The fourth-order valence-electron chi connectivity index (χ4n) is 4.08. The van der Waals surface area contributed by atoms with E-state index >= 15 is 0 Å². The summed E-state index contributed by atoms with van der Waals surface area (Å²) in [6, 6.07) is 22.0. The van der Waals surface area contributed by atoms with Crippen molar-refractivity contribution in [1.29, 1.82) is 0 Å². The molecule has 210 valence electrons. The van der Waals surface area contributed by atoms with Gasteiger partial charge in [0.25, 0.3) is 0 Å². The first kappa shape index (κ1) is 29.0. The Balaban J connectivity index is 1.65. The number of amides is 1. The molecule has 0 aliphatic carbocycles. The molecule has 1 amide bonds. The van der Waals surface area contributed by atoms with Gasteiger partial charge in [0.1, 0.15) is 5.82 Å². The maximum absolute atomic E-state index is 13.4. The molecule has 0 spiro atoms. The number of halogens is 3. The quantitative estimate of drug-likeness (QED) is 0.262. The lowest BCUT2D eigenvalue weighted by molar-refractivity contribution is -0.137. The van der Waals surface area contributed by atoms with Gasteiger partial charge >= 0.3 is 6.18 Å². The maximum Gasteiger partial charge on any atom is 0.416 e. The number of aryl methyl sites for hydroxylation is 1. The second-order valence-electron chi connectivity index (χ2n) is 9.79. The minimum atomic E-state index is -4.71. The van der Waals surface area contributed by atoms with Gasteiger partial charge in [-0.3, -0.25) is 4.79 Å². The molecule has 0 radical (unpaired) electrons. The third kappa shape index (κ3) is 6.78. The highest BCUT2D eigenvalue weighted by atomic mass is 32.2. The van der Waals surface area contributed by atoms with Crippen LogP contribution < -0.4 is 5.32 Å². The number of anilines is 1.